The Hall–Kier alpha value is -3.76. The number of ether oxygens (including phenoxy) is 3. The predicted octanol–water partition coefficient (Wildman–Crippen LogP) is 4.46. The van der Waals surface area contributed by atoms with Crippen LogP contribution in [0.25, 0.3) is 0 Å². The predicted molar refractivity (Wildman–Crippen MR) is 115 cm³/mol. The number of hydrogen-bond acceptors (Lipinski definition) is 7. The molecular formula is C23H24F2N2O7. The van der Waals surface area contributed by atoms with Crippen molar-refractivity contribution in [3.63, 3.8) is 0 Å². The van der Waals surface area contributed by atoms with Gasteiger partial charge >= 0.3 is 17.7 Å². The van der Waals surface area contributed by atoms with E-state index in [0.717, 1.165) is 12.1 Å². The molecule has 1 amide bonds. The minimum Gasteiger partial charge on any atom is -0.489 e. The van der Waals surface area contributed by atoms with E-state index in [9.17, 15) is 28.5 Å². The van der Waals surface area contributed by atoms with Crippen LogP contribution in [0.3, 0.4) is 0 Å². The first-order chi connectivity index (χ1) is 15.9. The van der Waals surface area contributed by atoms with Crippen LogP contribution in [0.15, 0.2) is 30.3 Å². The van der Waals surface area contributed by atoms with E-state index in [1.54, 1.807) is 32.9 Å². The second kappa shape index (κ2) is 9.62. The molecule has 1 heterocycles. The average Bonchev–Trinajstić information content (AvgIpc) is 2.76. The molecule has 0 radical (unpaired) electrons. The summed E-state index contributed by atoms with van der Waals surface area (Å²) in [5, 5.41) is 10.9. The van der Waals surface area contributed by atoms with Gasteiger partial charge in [-0.2, -0.15) is 4.39 Å². The number of carbonyl (C=O) groups excluding carboxylic acids is 2. The quantitative estimate of drug-likeness (QED) is 0.355. The van der Waals surface area contributed by atoms with Crippen molar-refractivity contribution in [3.8, 4) is 5.75 Å². The molecule has 0 saturated carbocycles. The molecule has 0 aromatic heterocycles. The van der Waals surface area contributed by atoms with Crippen molar-refractivity contribution in [2.75, 3.05) is 13.7 Å². The molecule has 1 aliphatic heterocycles. The van der Waals surface area contributed by atoms with Crippen LogP contribution >= 0.6 is 0 Å². The number of nitrogens with zero attached hydrogens (tertiary/aromatic N) is 2. The molecule has 11 heteroatoms. The van der Waals surface area contributed by atoms with Gasteiger partial charge in [-0.1, -0.05) is 6.07 Å². The number of benzene rings is 2. The highest BCUT2D eigenvalue weighted by atomic mass is 19.1. The fourth-order valence-electron chi connectivity index (χ4n) is 3.59. The Bertz CT molecular complexity index is 1130. The van der Waals surface area contributed by atoms with Gasteiger partial charge in [-0.05, 0) is 56.5 Å². The highest BCUT2D eigenvalue weighted by molar-refractivity contribution is 5.84. The third-order valence-corrected chi connectivity index (χ3v) is 5.14. The van der Waals surface area contributed by atoms with E-state index < -0.39 is 58.1 Å². The number of esters is 1. The summed E-state index contributed by atoms with van der Waals surface area (Å²) in [7, 11) is 1.21. The largest absolute Gasteiger partial charge is 0.489 e. The van der Waals surface area contributed by atoms with Crippen LogP contribution in [0, 0.1) is 21.7 Å². The topological polar surface area (TPSA) is 108 Å². The van der Waals surface area contributed by atoms with Gasteiger partial charge in [0.15, 0.2) is 6.04 Å². The molecule has 1 aliphatic rings. The van der Waals surface area contributed by atoms with Gasteiger partial charge in [0.1, 0.15) is 23.8 Å². The van der Waals surface area contributed by atoms with Gasteiger partial charge in [-0.25, -0.2) is 14.0 Å². The molecule has 0 fully saturated rings. The van der Waals surface area contributed by atoms with Crippen molar-refractivity contribution in [2.24, 2.45) is 0 Å². The van der Waals surface area contributed by atoms with Crippen molar-refractivity contribution < 1.29 is 37.5 Å². The minimum atomic E-state index is -1.30. The van der Waals surface area contributed by atoms with Crippen LogP contribution in [0.2, 0.25) is 0 Å². The monoisotopic (exact) mass is 478 g/mol. The average molecular weight is 478 g/mol. The second-order valence-electron chi connectivity index (χ2n) is 8.61. The van der Waals surface area contributed by atoms with Crippen LogP contribution in [0.4, 0.5) is 19.3 Å². The molecule has 2 aromatic carbocycles. The van der Waals surface area contributed by atoms with Gasteiger partial charge in [-0.15, -0.1) is 0 Å². The maximum Gasteiger partial charge on any atom is 0.411 e. The van der Waals surface area contributed by atoms with Crippen LogP contribution < -0.4 is 4.74 Å². The summed E-state index contributed by atoms with van der Waals surface area (Å²) in [4.78, 5) is 36.4. The van der Waals surface area contributed by atoms with E-state index in [-0.39, 0.29) is 12.3 Å². The summed E-state index contributed by atoms with van der Waals surface area (Å²) in [5.74, 6) is -2.69. The fraction of sp³-hybridized carbons (Fsp3) is 0.391. The summed E-state index contributed by atoms with van der Waals surface area (Å²) in [5.41, 5.74) is -1.01. The number of nitro benzene ring substituents is 1. The summed E-state index contributed by atoms with van der Waals surface area (Å²) < 4.78 is 44.2. The Morgan fingerprint density at radius 1 is 1.21 bits per heavy atom. The Balaban J connectivity index is 1.85. The number of hydrogen-bond donors (Lipinski definition) is 0. The highest BCUT2D eigenvalue weighted by Gasteiger charge is 2.39. The van der Waals surface area contributed by atoms with Crippen molar-refractivity contribution in [2.45, 2.75) is 45.4 Å². The maximum atomic E-state index is 14.3. The number of fused-ring (bicyclic) bond motifs is 1. The van der Waals surface area contributed by atoms with Gasteiger partial charge in [0.05, 0.1) is 17.6 Å². The lowest BCUT2D eigenvalue weighted by atomic mass is 9.92. The number of nitro groups is 1. The van der Waals surface area contributed by atoms with E-state index >= 15 is 0 Å². The van der Waals surface area contributed by atoms with Crippen LogP contribution in [0.1, 0.15) is 43.5 Å². The summed E-state index contributed by atoms with van der Waals surface area (Å²) >= 11 is 0. The van der Waals surface area contributed by atoms with Crippen molar-refractivity contribution in [1.82, 2.24) is 4.90 Å². The van der Waals surface area contributed by atoms with Gasteiger partial charge in [0.2, 0.25) is 5.82 Å². The number of methoxy groups -OCH3 is 1. The zero-order valence-electron chi connectivity index (χ0n) is 19.1. The standard InChI is InChI=1S/C23H24F2N2O7/c1-23(2,3)34-22(29)26-10-9-13-11-14(5-6-15(13)20(26)21(28)32-4)33-12-16-17(24)7-8-18(19(16)25)27(30)31/h5-8,11,20H,9-10,12H2,1-4H3/t20-/m1/s1. The first-order valence-electron chi connectivity index (χ1n) is 10.4. The molecule has 0 spiro atoms. The van der Waals surface area contributed by atoms with E-state index in [2.05, 4.69) is 0 Å². The van der Waals surface area contributed by atoms with Gasteiger partial charge in [0, 0.05) is 12.6 Å². The van der Waals surface area contributed by atoms with E-state index in [1.165, 1.54) is 18.1 Å². The highest BCUT2D eigenvalue weighted by Crippen LogP contribution is 2.34. The zero-order valence-corrected chi connectivity index (χ0v) is 19.1. The van der Waals surface area contributed by atoms with Crippen molar-refractivity contribution >= 4 is 17.7 Å². The lowest BCUT2D eigenvalue weighted by Crippen LogP contribution is -2.46. The number of carbonyl (C=O) groups is 2. The smallest absolute Gasteiger partial charge is 0.411 e. The summed E-state index contributed by atoms with van der Waals surface area (Å²) in [6.45, 7) is 4.73. The Kier molecular flexibility index (Phi) is 7.04. The van der Waals surface area contributed by atoms with Gasteiger partial charge < -0.3 is 14.2 Å². The lowest BCUT2D eigenvalue weighted by Gasteiger charge is -2.36. The molecule has 182 valence electrons. The van der Waals surface area contributed by atoms with Gasteiger partial charge in [0.25, 0.3) is 0 Å². The molecule has 0 N–H and O–H groups in total. The molecule has 34 heavy (non-hydrogen) atoms. The second-order valence-corrected chi connectivity index (χ2v) is 8.61. The maximum absolute atomic E-state index is 14.3. The molecule has 3 rings (SSSR count). The lowest BCUT2D eigenvalue weighted by molar-refractivity contribution is -0.387. The van der Waals surface area contributed by atoms with Crippen LogP contribution in [-0.4, -0.2) is 41.1 Å². The number of halogens is 2. The molecule has 2 aromatic rings. The first-order valence-corrected chi connectivity index (χ1v) is 10.4. The fourth-order valence-corrected chi connectivity index (χ4v) is 3.59. The Morgan fingerprint density at radius 3 is 2.53 bits per heavy atom. The molecule has 0 bridgehead atoms. The molecular weight excluding hydrogens is 454 g/mol. The molecule has 0 unspecified atom stereocenters. The number of amides is 1. The Morgan fingerprint density at radius 2 is 1.91 bits per heavy atom. The molecule has 0 aliphatic carbocycles. The third-order valence-electron chi connectivity index (χ3n) is 5.14. The number of rotatable bonds is 5. The van der Waals surface area contributed by atoms with Gasteiger partial charge in [-0.3, -0.25) is 15.0 Å². The molecule has 0 saturated heterocycles. The minimum absolute atomic E-state index is 0.166. The van der Waals surface area contributed by atoms with Crippen molar-refractivity contribution in [1.29, 1.82) is 0 Å². The summed E-state index contributed by atoms with van der Waals surface area (Å²) in [6.07, 6.45) is -0.302. The molecule has 9 nitrogen and oxygen atoms in total. The van der Waals surface area contributed by atoms with Crippen molar-refractivity contribution in [3.05, 3.63) is 68.8 Å². The van der Waals surface area contributed by atoms with Crippen LogP contribution in [-0.2, 0) is 27.3 Å². The third kappa shape index (κ3) is 5.24. The van der Waals surface area contributed by atoms with E-state index in [4.69, 9.17) is 14.2 Å². The van der Waals surface area contributed by atoms with E-state index in [1.807, 2.05) is 0 Å². The molecule has 1 atom stereocenters. The Labute approximate surface area is 194 Å². The first kappa shape index (κ1) is 24.9. The van der Waals surface area contributed by atoms with Crippen LogP contribution in [0.5, 0.6) is 5.75 Å². The summed E-state index contributed by atoms with van der Waals surface area (Å²) in [6, 6.07) is 5.13. The normalized spacial score (nSPS) is 15.4. The SMILES string of the molecule is COC(=O)[C@H]1c2ccc(OCc3c(F)ccc([N+](=O)[O-])c3F)cc2CCN1C(=O)OC(C)(C)C. The zero-order chi connectivity index (χ0) is 25.2. The van der Waals surface area contributed by atoms with E-state index in [0.29, 0.717) is 17.5 Å².